The van der Waals surface area contributed by atoms with Crippen molar-refractivity contribution in [2.45, 2.75) is 70.1 Å². The van der Waals surface area contributed by atoms with Gasteiger partial charge < -0.3 is 0 Å². The second-order valence-electron chi connectivity index (χ2n) is 8.49. The van der Waals surface area contributed by atoms with Crippen LogP contribution in [0.2, 0.25) is 0 Å². The summed E-state index contributed by atoms with van der Waals surface area (Å²) in [4.78, 5) is 44.5. The molecule has 0 radical (unpaired) electrons. The van der Waals surface area contributed by atoms with E-state index in [1.807, 2.05) is 31.2 Å². The first kappa shape index (κ1) is 23.2. The number of imide groups is 1. The zero-order chi connectivity index (χ0) is 22.5. The van der Waals surface area contributed by atoms with Gasteiger partial charge in [-0.15, -0.1) is 0 Å². The van der Waals surface area contributed by atoms with Crippen LogP contribution in [0.5, 0.6) is 0 Å². The molecule has 1 aromatic heterocycles. The van der Waals surface area contributed by atoms with Gasteiger partial charge in [-0.05, 0) is 49.9 Å². The molecule has 1 saturated heterocycles. The van der Waals surface area contributed by atoms with Gasteiger partial charge in [0.15, 0.2) is 5.78 Å². The number of hydrogen-bond donors (Lipinski definition) is 0. The summed E-state index contributed by atoms with van der Waals surface area (Å²) in [5, 5.41) is -0.00973. The smallest absolute Gasteiger partial charge is 0.247 e. The third-order valence-corrected chi connectivity index (χ3v) is 6.43. The van der Waals surface area contributed by atoms with E-state index in [4.69, 9.17) is 4.98 Å². The molecule has 1 atom stereocenters. The molecule has 0 saturated carbocycles. The van der Waals surface area contributed by atoms with Gasteiger partial charge >= 0.3 is 0 Å². The van der Waals surface area contributed by atoms with E-state index in [9.17, 15) is 14.4 Å². The van der Waals surface area contributed by atoms with Crippen molar-refractivity contribution in [2.75, 3.05) is 4.90 Å². The zero-order valence-electron chi connectivity index (χ0n) is 18.7. The summed E-state index contributed by atoms with van der Waals surface area (Å²) in [7, 11) is 0. The number of amides is 2. The number of aromatic nitrogens is 1. The molecular weight excluding hydrogens is 408 g/mol. The summed E-state index contributed by atoms with van der Waals surface area (Å²) in [5.41, 5.74) is 3.11. The fourth-order valence-electron chi connectivity index (χ4n) is 3.58. The Hall–Kier alpha value is -2.47. The van der Waals surface area contributed by atoms with Gasteiger partial charge in [-0.3, -0.25) is 14.4 Å². The van der Waals surface area contributed by atoms with Crippen molar-refractivity contribution < 1.29 is 14.4 Å². The average Bonchev–Trinajstić information content (AvgIpc) is 2.99. The van der Waals surface area contributed by atoms with Crippen molar-refractivity contribution in [1.82, 2.24) is 4.98 Å². The van der Waals surface area contributed by atoms with Gasteiger partial charge in [0.2, 0.25) is 11.8 Å². The van der Waals surface area contributed by atoms with Crippen LogP contribution in [-0.2, 0) is 16.0 Å². The molecule has 31 heavy (non-hydrogen) atoms. The molecule has 0 aliphatic carbocycles. The van der Waals surface area contributed by atoms with Crippen LogP contribution in [0.1, 0.15) is 68.1 Å². The SMILES string of the molecule is CCCCC(=O)c1ccc(CC(C)C)nc1SC1CC(=O)N(c2ccc(C)cc2)C1=O. The van der Waals surface area contributed by atoms with E-state index in [0.717, 1.165) is 30.5 Å². The van der Waals surface area contributed by atoms with Crippen LogP contribution >= 0.6 is 11.8 Å². The van der Waals surface area contributed by atoms with E-state index in [2.05, 4.69) is 20.8 Å². The van der Waals surface area contributed by atoms with Crippen molar-refractivity contribution in [3.63, 3.8) is 0 Å². The zero-order valence-corrected chi connectivity index (χ0v) is 19.5. The lowest BCUT2D eigenvalue weighted by Crippen LogP contribution is -2.31. The van der Waals surface area contributed by atoms with E-state index in [1.165, 1.54) is 16.7 Å². The topological polar surface area (TPSA) is 67.3 Å². The van der Waals surface area contributed by atoms with Crippen LogP contribution in [0.4, 0.5) is 5.69 Å². The van der Waals surface area contributed by atoms with Crippen LogP contribution in [0.25, 0.3) is 0 Å². The molecule has 164 valence electrons. The Morgan fingerprint density at radius 2 is 1.87 bits per heavy atom. The number of carbonyl (C=O) groups excluding carboxylic acids is 3. The lowest BCUT2D eigenvalue weighted by molar-refractivity contribution is -0.121. The molecule has 6 heteroatoms. The number of benzene rings is 1. The maximum Gasteiger partial charge on any atom is 0.247 e. The normalized spacial score (nSPS) is 16.4. The van der Waals surface area contributed by atoms with Crippen LogP contribution in [-0.4, -0.2) is 27.8 Å². The third-order valence-electron chi connectivity index (χ3n) is 5.24. The number of ketones is 1. The molecular formula is C25H30N2O3S. The van der Waals surface area contributed by atoms with E-state index in [0.29, 0.717) is 28.6 Å². The highest BCUT2D eigenvalue weighted by Gasteiger charge is 2.41. The third kappa shape index (κ3) is 5.62. The maximum atomic E-state index is 13.1. The first-order valence-electron chi connectivity index (χ1n) is 10.9. The number of unbranched alkanes of at least 4 members (excludes halogenated alkanes) is 1. The summed E-state index contributed by atoms with van der Waals surface area (Å²) in [5.74, 6) is 0.00393. The second kappa shape index (κ2) is 10.2. The molecule has 1 unspecified atom stereocenters. The Kier molecular flexibility index (Phi) is 7.65. The number of hydrogen-bond acceptors (Lipinski definition) is 5. The standard InChI is InChI=1S/C25H30N2O3S/c1-5-6-7-21(28)20-13-10-18(14-16(2)3)26-24(20)31-22-15-23(29)27(25(22)30)19-11-8-17(4)9-12-19/h8-13,16,22H,5-7,14-15H2,1-4H3. The molecule has 5 nitrogen and oxygen atoms in total. The van der Waals surface area contributed by atoms with Crippen molar-refractivity contribution in [1.29, 1.82) is 0 Å². The van der Waals surface area contributed by atoms with Crippen molar-refractivity contribution >= 4 is 35.0 Å². The summed E-state index contributed by atoms with van der Waals surface area (Å²) in [6, 6.07) is 11.1. The van der Waals surface area contributed by atoms with Crippen molar-refractivity contribution in [3.8, 4) is 0 Å². The number of nitrogens with zero attached hydrogens (tertiary/aromatic N) is 2. The fourth-order valence-corrected chi connectivity index (χ4v) is 4.76. The van der Waals surface area contributed by atoms with Crippen LogP contribution in [0, 0.1) is 12.8 Å². The lowest BCUT2D eigenvalue weighted by atomic mass is 10.0. The average molecular weight is 439 g/mol. The number of aryl methyl sites for hydroxylation is 1. The number of rotatable bonds is 9. The first-order valence-corrected chi connectivity index (χ1v) is 11.8. The van der Waals surface area contributed by atoms with Gasteiger partial charge in [-0.1, -0.05) is 56.7 Å². The molecule has 2 amide bonds. The van der Waals surface area contributed by atoms with Gasteiger partial charge in [0, 0.05) is 24.1 Å². The van der Waals surface area contributed by atoms with Crippen LogP contribution in [0.15, 0.2) is 41.4 Å². The van der Waals surface area contributed by atoms with Gasteiger partial charge in [0.25, 0.3) is 0 Å². The van der Waals surface area contributed by atoms with Gasteiger partial charge in [-0.2, -0.15) is 0 Å². The molecule has 0 bridgehead atoms. The van der Waals surface area contributed by atoms with E-state index in [-0.39, 0.29) is 24.0 Å². The molecule has 1 aliphatic rings. The predicted molar refractivity (Wildman–Crippen MR) is 125 cm³/mol. The molecule has 2 aromatic rings. The number of Topliss-reactive ketones (excluding diaryl/α,β-unsaturated/α-hetero) is 1. The molecule has 2 heterocycles. The minimum atomic E-state index is -0.576. The highest BCUT2D eigenvalue weighted by atomic mass is 32.2. The maximum absolute atomic E-state index is 13.1. The first-order chi connectivity index (χ1) is 14.8. The van der Waals surface area contributed by atoms with Crippen molar-refractivity contribution in [3.05, 3.63) is 53.2 Å². The minimum Gasteiger partial charge on any atom is -0.294 e. The number of pyridine rings is 1. The van der Waals surface area contributed by atoms with Gasteiger partial charge in [-0.25, -0.2) is 9.88 Å². The highest BCUT2D eigenvalue weighted by molar-refractivity contribution is 8.00. The second-order valence-corrected chi connectivity index (χ2v) is 9.68. The Bertz CT molecular complexity index is 969. The molecule has 1 aromatic carbocycles. The number of thioether (sulfide) groups is 1. The van der Waals surface area contributed by atoms with E-state index in [1.54, 1.807) is 12.1 Å². The molecule has 0 spiro atoms. The lowest BCUT2D eigenvalue weighted by Gasteiger charge is -2.16. The quantitative estimate of drug-likeness (QED) is 0.388. The number of anilines is 1. The molecule has 1 aliphatic heterocycles. The summed E-state index contributed by atoms with van der Waals surface area (Å²) in [6.07, 6.45) is 3.12. The Morgan fingerprint density at radius 3 is 2.52 bits per heavy atom. The molecule has 3 rings (SSSR count). The van der Waals surface area contributed by atoms with Gasteiger partial charge in [0.05, 0.1) is 10.9 Å². The number of carbonyl (C=O) groups is 3. The molecule has 0 N–H and O–H groups in total. The van der Waals surface area contributed by atoms with Crippen molar-refractivity contribution in [2.24, 2.45) is 5.92 Å². The van der Waals surface area contributed by atoms with Crippen LogP contribution < -0.4 is 4.90 Å². The monoisotopic (exact) mass is 438 g/mol. The van der Waals surface area contributed by atoms with Gasteiger partial charge in [0.1, 0.15) is 5.03 Å². The Balaban J connectivity index is 1.87. The Morgan fingerprint density at radius 1 is 1.16 bits per heavy atom. The summed E-state index contributed by atoms with van der Waals surface area (Å²) < 4.78 is 0. The minimum absolute atomic E-state index is 0.0418. The van der Waals surface area contributed by atoms with E-state index < -0.39 is 5.25 Å². The fraction of sp³-hybridized carbons (Fsp3) is 0.440. The Labute approximate surface area is 188 Å². The summed E-state index contributed by atoms with van der Waals surface area (Å²) >= 11 is 1.25. The largest absolute Gasteiger partial charge is 0.294 e. The highest BCUT2D eigenvalue weighted by Crippen LogP contribution is 2.35. The summed E-state index contributed by atoms with van der Waals surface area (Å²) in [6.45, 7) is 8.25. The van der Waals surface area contributed by atoms with E-state index >= 15 is 0 Å². The molecule has 1 fully saturated rings. The van der Waals surface area contributed by atoms with Crippen LogP contribution in [0.3, 0.4) is 0 Å². The predicted octanol–water partition coefficient (Wildman–Crippen LogP) is 5.39.